The molecule has 0 atom stereocenters. The molecule has 1 heterocycles. The molecule has 0 aliphatic rings. The molecule has 0 spiro atoms. The highest BCUT2D eigenvalue weighted by atomic mass is 35.5. The first kappa shape index (κ1) is 16.9. The van der Waals surface area contributed by atoms with E-state index < -0.39 is 10.1 Å². The maximum atomic E-state index is 11.0. The van der Waals surface area contributed by atoms with Gasteiger partial charge >= 0.3 is 0 Å². The van der Waals surface area contributed by atoms with E-state index in [-0.39, 0.29) is 17.3 Å². The molecule has 0 saturated heterocycles. The molecule has 0 amide bonds. The van der Waals surface area contributed by atoms with Crippen LogP contribution in [0.4, 0.5) is 0 Å². The van der Waals surface area contributed by atoms with Crippen LogP contribution in [0, 0.1) is 0 Å². The molecular formula is C14H12ClN3O4S. The van der Waals surface area contributed by atoms with E-state index in [1.807, 2.05) is 12.1 Å². The van der Waals surface area contributed by atoms with Crippen molar-refractivity contribution in [1.82, 2.24) is 14.8 Å². The lowest BCUT2D eigenvalue weighted by Gasteiger charge is -2.07. The second-order valence-electron chi connectivity index (χ2n) is 4.38. The number of hydrogen-bond acceptors (Lipinski definition) is 5. The molecule has 0 fully saturated rings. The predicted octanol–water partition coefficient (Wildman–Crippen LogP) is 2.73. The van der Waals surface area contributed by atoms with Gasteiger partial charge in [-0.25, -0.2) is 9.67 Å². The van der Waals surface area contributed by atoms with Gasteiger partial charge < -0.3 is 4.74 Å². The van der Waals surface area contributed by atoms with Gasteiger partial charge in [0, 0.05) is 0 Å². The van der Waals surface area contributed by atoms with Crippen LogP contribution in [-0.2, 0) is 10.1 Å². The van der Waals surface area contributed by atoms with Gasteiger partial charge in [-0.1, -0.05) is 0 Å². The van der Waals surface area contributed by atoms with Gasteiger partial charge in [0.2, 0.25) is 0 Å². The highest BCUT2D eigenvalue weighted by molar-refractivity contribution is 7.85. The number of aromatic nitrogens is 3. The molecular weight excluding hydrogens is 342 g/mol. The van der Waals surface area contributed by atoms with Crippen LogP contribution in [0.25, 0.3) is 5.69 Å². The minimum Gasteiger partial charge on any atom is -0.457 e. The van der Waals surface area contributed by atoms with E-state index in [0.717, 1.165) is 5.69 Å². The Morgan fingerprint density at radius 2 is 1.52 bits per heavy atom. The van der Waals surface area contributed by atoms with Gasteiger partial charge in [0.1, 0.15) is 24.2 Å². The molecule has 9 heteroatoms. The molecule has 7 nitrogen and oxygen atoms in total. The summed E-state index contributed by atoms with van der Waals surface area (Å²) in [6.07, 6.45) is 3.03. The fraction of sp³-hybridized carbons (Fsp3) is 0. The summed E-state index contributed by atoms with van der Waals surface area (Å²) >= 11 is 0. The van der Waals surface area contributed by atoms with Crippen molar-refractivity contribution in [3.63, 3.8) is 0 Å². The van der Waals surface area contributed by atoms with Crippen LogP contribution < -0.4 is 4.74 Å². The number of ether oxygens (including phenoxy) is 1. The van der Waals surface area contributed by atoms with Crippen LogP contribution in [0.1, 0.15) is 0 Å². The Balaban J connectivity index is 0.00000192. The number of rotatable bonds is 4. The van der Waals surface area contributed by atoms with Crippen LogP contribution >= 0.6 is 12.4 Å². The average Bonchev–Trinajstić information content (AvgIpc) is 3.02. The topological polar surface area (TPSA) is 94.3 Å². The monoisotopic (exact) mass is 353 g/mol. The molecule has 2 aromatic carbocycles. The first-order valence-corrected chi connectivity index (χ1v) is 7.67. The average molecular weight is 354 g/mol. The van der Waals surface area contributed by atoms with E-state index in [1.165, 1.54) is 30.6 Å². The summed E-state index contributed by atoms with van der Waals surface area (Å²) in [5, 5.41) is 4.02. The maximum Gasteiger partial charge on any atom is 0.294 e. The van der Waals surface area contributed by atoms with Gasteiger partial charge in [-0.15, -0.1) is 12.4 Å². The third kappa shape index (κ3) is 4.07. The van der Waals surface area contributed by atoms with Crippen LogP contribution in [0.2, 0.25) is 0 Å². The van der Waals surface area contributed by atoms with Gasteiger partial charge in [-0.3, -0.25) is 4.55 Å². The smallest absolute Gasteiger partial charge is 0.294 e. The summed E-state index contributed by atoms with van der Waals surface area (Å²) in [7, 11) is -4.19. The lowest BCUT2D eigenvalue weighted by molar-refractivity contribution is 0.478. The Kier molecular flexibility index (Phi) is 4.99. The van der Waals surface area contributed by atoms with Gasteiger partial charge in [0.25, 0.3) is 10.1 Å². The minimum atomic E-state index is -4.19. The number of hydrogen-bond donors (Lipinski definition) is 1. The van der Waals surface area contributed by atoms with Crippen molar-refractivity contribution in [2.75, 3.05) is 0 Å². The first-order chi connectivity index (χ1) is 10.5. The molecule has 120 valence electrons. The maximum absolute atomic E-state index is 11.0. The highest BCUT2D eigenvalue weighted by Crippen LogP contribution is 2.23. The fourth-order valence-corrected chi connectivity index (χ4v) is 2.30. The molecule has 0 saturated carbocycles. The van der Waals surface area contributed by atoms with Crippen molar-refractivity contribution in [2.24, 2.45) is 0 Å². The molecule has 3 aromatic rings. The molecule has 1 aromatic heterocycles. The summed E-state index contributed by atoms with van der Waals surface area (Å²) in [6.45, 7) is 0. The first-order valence-electron chi connectivity index (χ1n) is 6.23. The largest absolute Gasteiger partial charge is 0.457 e. The Hall–Kier alpha value is -2.42. The van der Waals surface area contributed by atoms with Crippen LogP contribution in [0.3, 0.4) is 0 Å². The van der Waals surface area contributed by atoms with Gasteiger partial charge in [-0.05, 0) is 48.5 Å². The zero-order valence-electron chi connectivity index (χ0n) is 11.6. The van der Waals surface area contributed by atoms with Crippen molar-refractivity contribution in [3.05, 3.63) is 61.2 Å². The second kappa shape index (κ2) is 6.78. The molecule has 0 aliphatic heterocycles. The SMILES string of the molecule is Cl.O=S(=O)(O)c1ccc(Oc2ccc(-n3cncn3)cc2)cc1. The van der Waals surface area contributed by atoms with Crippen molar-refractivity contribution < 1.29 is 17.7 Å². The summed E-state index contributed by atoms with van der Waals surface area (Å²) in [5.74, 6) is 1.05. The van der Waals surface area contributed by atoms with E-state index in [0.29, 0.717) is 11.5 Å². The molecule has 3 rings (SSSR count). The van der Waals surface area contributed by atoms with Crippen LogP contribution in [0.5, 0.6) is 11.5 Å². The number of benzene rings is 2. The lowest BCUT2D eigenvalue weighted by atomic mass is 10.3. The number of halogens is 1. The van der Waals surface area contributed by atoms with Gasteiger partial charge in [-0.2, -0.15) is 13.5 Å². The van der Waals surface area contributed by atoms with Gasteiger partial charge in [0.05, 0.1) is 10.6 Å². The molecule has 0 unspecified atom stereocenters. The molecule has 1 N–H and O–H groups in total. The Morgan fingerprint density at radius 1 is 0.957 bits per heavy atom. The number of nitrogens with zero attached hydrogens (tertiary/aromatic N) is 3. The molecule has 23 heavy (non-hydrogen) atoms. The second-order valence-corrected chi connectivity index (χ2v) is 5.80. The fourth-order valence-electron chi connectivity index (χ4n) is 1.82. The Labute approximate surface area is 138 Å². The van der Waals surface area contributed by atoms with Crippen LogP contribution in [-0.4, -0.2) is 27.7 Å². The third-order valence-electron chi connectivity index (χ3n) is 2.88. The molecule has 0 bridgehead atoms. The van der Waals surface area contributed by atoms with Crippen LogP contribution in [0.15, 0.2) is 66.1 Å². The van der Waals surface area contributed by atoms with Crippen molar-refractivity contribution in [2.45, 2.75) is 4.90 Å². The van der Waals surface area contributed by atoms with Crippen molar-refractivity contribution >= 4 is 22.5 Å². The summed E-state index contributed by atoms with van der Waals surface area (Å²) < 4.78 is 38.0. The summed E-state index contributed by atoms with van der Waals surface area (Å²) in [5.41, 5.74) is 0.839. The zero-order chi connectivity index (χ0) is 15.6. The zero-order valence-corrected chi connectivity index (χ0v) is 13.2. The van der Waals surface area contributed by atoms with E-state index in [4.69, 9.17) is 9.29 Å². The van der Waals surface area contributed by atoms with E-state index in [2.05, 4.69) is 10.1 Å². The lowest BCUT2D eigenvalue weighted by Crippen LogP contribution is -1.97. The summed E-state index contributed by atoms with van der Waals surface area (Å²) in [4.78, 5) is 3.69. The van der Waals surface area contributed by atoms with Gasteiger partial charge in [0.15, 0.2) is 0 Å². The Morgan fingerprint density at radius 3 is 2.00 bits per heavy atom. The van der Waals surface area contributed by atoms with E-state index >= 15 is 0 Å². The normalized spacial score (nSPS) is 10.8. The molecule has 0 aliphatic carbocycles. The predicted molar refractivity (Wildman–Crippen MR) is 84.9 cm³/mol. The quantitative estimate of drug-likeness (QED) is 0.725. The minimum absolute atomic E-state index is 0. The molecule has 0 radical (unpaired) electrons. The highest BCUT2D eigenvalue weighted by Gasteiger charge is 2.09. The Bertz CT molecular complexity index is 863. The standard InChI is InChI=1S/C14H11N3O4S.ClH/c18-22(19,20)14-7-5-13(6-8-14)21-12-3-1-11(2-4-12)17-10-15-9-16-17;/h1-10H,(H,18,19,20);1H. The van der Waals surface area contributed by atoms with E-state index in [9.17, 15) is 8.42 Å². The third-order valence-corrected chi connectivity index (χ3v) is 3.75. The summed E-state index contributed by atoms with van der Waals surface area (Å²) in [6, 6.07) is 12.6. The van der Waals surface area contributed by atoms with Crippen molar-refractivity contribution in [1.29, 1.82) is 0 Å². The van der Waals surface area contributed by atoms with Crippen molar-refractivity contribution in [3.8, 4) is 17.2 Å². The van der Waals surface area contributed by atoms with E-state index in [1.54, 1.807) is 23.1 Å².